The van der Waals surface area contributed by atoms with E-state index in [-0.39, 0.29) is 36.1 Å². The number of benzene rings is 3. The Labute approximate surface area is 225 Å². The van der Waals surface area contributed by atoms with Crippen molar-refractivity contribution in [2.45, 2.75) is 6.42 Å². The quantitative estimate of drug-likeness (QED) is 0.105. The number of hydrogen-bond donors (Lipinski definition) is 1. The number of aliphatic hydroxyl groups is 1. The van der Waals surface area contributed by atoms with Crippen molar-refractivity contribution in [2.75, 3.05) is 19.8 Å². The van der Waals surface area contributed by atoms with Crippen molar-refractivity contribution >= 4 is 23.8 Å². The Hall–Kier alpha value is -4.82. The molecule has 0 saturated carbocycles. The molecule has 0 heterocycles. The molecule has 0 aliphatic carbocycles. The lowest BCUT2D eigenvalue weighted by atomic mass is 10.0. The molecular formula is C31H27FO7. The van der Waals surface area contributed by atoms with Gasteiger partial charge < -0.3 is 19.3 Å². The molecule has 0 spiro atoms. The van der Waals surface area contributed by atoms with E-state index in [2.05, 4.69) is 13.2 Å². The molecule has 0 atom stereocenters. The smallest absolute Gasteiger partial charge is 0.341 e. The number of ketones is 1. The third kappa shape index (κ3) is 8.62. The van der Waals surface area contributed by atoms with Crippen LogP contribution in [0.5, 0.6) is 11.5 Å². The third-order valence-electron chi connectivity index (χ3n) is 5.39. The molecule has 0 saturated heterocycles. The fourth-order valence-corrected chi connectivity index (χ4v) is 3.26. The Kier molecular flexibility index (Phi) is 10.5. The summed E-state index contributed by atoms with van der Waals surface area (Å²) in [6.45, 7) is 6.55. The van der Waals surface area contributed by atoms with Gasteiger partial charge in [0.2, 0.25) is 0 Å². The third-order valence-corrected chi connectivity index (χ3v) is 5.39. The highest BCUT2D eigenvalue weighted by molar-refractivity contribution is 6.06. The van der Waals surface area contributed by atoms with E-state index in [0.717, 1.165) is 17.2 Å². The van der Waals surface area contributed by atoms with Gasteiger partial charge in [-0.15, -0.1) is 0 Å². The fraction of sp³-hybridized carbons (Fsp3) is 0.129. The summed E-state index contributed by atoms with van der Waals surface area (Å²) in [5, 5.41) is 8.92. The second-order valence-electron chi connectivity index (χ2n) is 8.21. The van der Waals surface area contributed by atoms with Gasteiger partial charge in [0.25, 0.3) is 0 Å². The van der Waals surface area contributed by atoms with Crippen molar-refractivity contribution in [3.8, 4) is 22.6 Å². The van der Waals surface area contributed by atoms with Crippen molar-refractivity contribution in [3.63, 3.8) is 0 Å². The Morgan fingerprint density at radius 1 is 0.923 bits per heavy atom. The number of ether oxygens (including phenoxy) is 3. The molecule has 3 aromatic rings. The molecule has 0 bridgehead atoms. The Morgan fingerprint density at radius 2 is 1.62 bits per heavy atom. The summed E-state index contributed by atoms with van der Waals surface area (Å²) in [6.07, 6.45) is 4.58. The summed E-state index contributed by atoms with van der Waals surface area (Å²) in [7, 11) is 0. The van der Waals surface area contributed by atoms with E-state index >= 15 is 0 Å². The van der Waals surface area contributed by atoms with Crippen LogP contribution in [0.15, 0.2) is 97.6 Å². The van der Waals surface area contributed by atoms with Gasteiger partial charge in [0.1, 0.15) is 5.75 Å². The molecule has 0 unspecified atom stereocenters. The molecule has 8 heteroatoms. The summed E-state index contributed by atoms with van der Waals surface area (Å²) in [5.74, 6) is -1.68. The van der Waals surface area contributed by atoms with E-state index in [1.807, 2.05) is 24.3 Å². The van der Waals surface area contributed by atoms with Crippen LogP contribution in [-0.2, 0) is 14.3 Å². The molecule has 0 aliphatic rings. The van der Waals surface area contributed by atoms with E-state index in [9.17, 15) is 18.8 Å². The number of esters is 2. The first-order valence-electron chi connectivity index (χ1n) is 12.0. The van der Waals surface area contributed by atoms with Crippen LogP contribution in [0.1, 0.15) is 22.3 Å². The van der Waals surface area contributed by atoms with Crippen molar-refractivity contribution in [2.24, 2.45) is 0 Å². The van der Waals surface area contributed by atoms with E-state index < -0.39 is 24.4 Å². The number of allylic oxidation sites excluding steroid dienone is 1. The average molecular weight is 531 g/mol. The molecule has 0 aliphatic heterocycles. The second-order valence-corrected chi connectivity index (χ2v) is 8.21. The number of halogens is 1. The molecule has 1 N–H and O–H groups in total. The minimum atomic E-state index is -0.743. The first-order valence-corrected chi connectivity index (χ1v) is 12.0. The molecule has 39 heavy (non-hydrogen) atoms. The van der Waals surface area contributed by atoms with Crippen LogP contribution in [0, 0.1) is 5.82 Å². The zero-order valence-electron chi connectivity index (χ0n) is 21.1. The highest BCUT2D eigenvalue weighted by Gasteiger charge is 2.10. The zero-order valence-corrected chi connectivity index (χ0v) is 21.1. The SMILES string of the molecule is C=CC(=O)OCCCOc1ccc(-c2ccc(/C=C/C(=O)c3ccc(OC(=O)C(=C)CO)cc3)cc2)cc1F. The topological polar surface area (TPSA) is 99.1 Å². The van der Waals surface area contributed by atoms with E-state index in [1.165, 1.54) is 36.4 Å². The molecule has 0 aromatic heterocycles. The summed E-state index contributed by atoms with van der Waals surface area (Å²) >= 11 is 0. The Balaban J connectivity index is 1.54. The Bertz CT molecular complexity index is 1370. The van der Waals surface area contributed by atoms with E-state index in [1.54, 1.807) is 18.2 Å². The van der Waals surface area contributed by atoms with Crippen LogP contribution < -0.4 is 9.47 Å². The lowest BCUT2D eigenvalue weighted by Gasteiger charge is -2.09. The van der Waals surface area contributed by atoms with Crippen LogP contribution in [0.2, 0.25) is 0 Å². The number of carbonyl (C=O) groups excluding carboxylic acids is 3. The lowest BCUT2D eigenvalue weighted by molar-refractivity contribution is -0.138. The average Bonchev–Trinajstić information content (AvgIpc) is 2.96. The standard InChI is InChI=1S/C31H27FO7/c1-3-30(35)38-18-4-17-37-29-16-12-25(19-27(29)32)23-8-5-22(6-9-23)7-15-28(34)24-10-13-26(14-11-24)39-31(36)21(2)20-33/h3,5-16,19,33H,1-2,4,17-18,20H2/b15-7+. The van der Waals surface area contributed by atoms with Gasteiger partial charge in [-0.2, -0.15) is 0 Å². The van der Waals surface area contributed by atoms with Crippen LogP contribution in [0.4, 0.5) is 4.39 Å². The summed E-state index contributed by atoms with van der Waals surface area (Å²) in [4.78, 5) is 35.1. The van der Waals surface area contributed by atoms with Crippen molar-refractivity contribution in [1.29, 1.82) is 0 Å². The number of hydrogen-bond acceptors (Lipinski definition) is 7. The maximum Gasteiger partial charge on any atom is 0.341 e. The monoisotopic (exact) mass is 530 g/mol. The largest absolute Gasteiger partial charge is 0.490 e. The molecule has 3 aromatic carbocycles. The van der Waals surface area contributed by atoms with Gasteiger partial charge in [0.15, 0.2) is 17.3 Å². The maximum atomic E-state index is 14.5. The van der Waals surface area contributed by atoms with Crippen LogP contribution in [-0.4, -0.2) is 42.6 Å². The zero-order chi connectivity index (χ0) is 28.2. The number of carbonyl (C=O) groups is 3. The second kappa shape index (κ2) is 14.2. The summed E-state index contributed by atoms with van der Waals surface area (Å²) in [6, 6.07) is 17.9. The normalized spacial score (nSPS) is 10.6. The van der Waals surface area contributed by atoms with Gasteiger partial charge in [-0.3, -0.25) is 4.79 Å². The van der Waals surface area contributed by atoms with E-state index in [4.69, 9.17) is 19.3 Å². The van der Waals surface area contributed by atoms with Crippen molar-refractivity contribution in [3.05, 3.63) is 115 Å². The molecule has 0 amide bonds. The van der Waals surface area contributed by atoms with Crippen molar-refractivity contribution in [1.82, 2.24) is 0 Å². The molecule has 200 valence electrons. The van der Waals surface area contributed by atoms with Crippen LogP contribution in [0.3, 0.4) is 0 Å². The number of aliphatic hydroxyl groups excluding tert-OH is 1. The maximum absolute atomic E-state index is 14.5. The summed E-state index contributed by atoms with van der Waals surface area (Å²) in [5.41, 5.74) is 2.55. The van der Waals surface area contributed by atoms with Gasteiger partial charge in [-0.25, -0.2) is 14.0 Å². The highest BCUT2D eigenvalue weighted by atomic mass is 19.1. The molecule has 3 rings (SSSR count). The van der Waals surface area contributed by atoms with Gasteiger partial charge in [-0.1, -0.05) is 49.6 Å². The van der Waals surface area contributed by atoms with Gasteiger partial charge in [0, 0.05) is 18.1 Å². The van der Waals surface area contributed by atoms with Gasteiger partial charge in [-0.05, 0) is 59.2 Å². The first kappa shape index (κ1) is 28.7. The molecular weight excluding hydrogens is 503 g/mol. The van der Waals surface area contributed by atoms with Crippen molar-refractivity contribution < 1.29 is 38.1 Å². The predicted molar refractivity (Wildman–Crippen MR) is 145 cm³/mol. The summed E-state index contributed by atoms with van der Waals surface area (Å²) < 4.78 is 29.8. The van der Waals surface area contributed by atoms with Gasteiger partial charge in [0.05, 0.1) is 25.4 Å². The van der Waals surface area contributed by atoms with E-state index in [0.29, 0.717) is 17.5 Å². The fourth-order valence-electron chi connectivity index (χ4n) is 3.26. The lowest BCUT2D eigenvalue weighted by Crippen LogP contribution is -2.12. The van der Waals surface area contributed by atoms with Crippen LogP contribution >= 0.6 is 0 Å². The molecule has 0 fully saturated rings. The minimum absolute atomic E-state index is 0.0716. The first-order chi connectivity index (χ1) is 18.8. The molecule has 7 nitrogen and oxygen atoms in total. The Morgan fingerprint density at radius 3 is 2.26 bits per heavy atom. The molecule has 0 radical (unpaired) electrons. The predicted octanol–water partition coefficient (Wildman–Crippen LogP) is 5.34. The van der Waals surface area contributed by atoms with Crippen LogP contribution in [0.25, 0.3) is 17.2 Å². The number of rotatable bonds is 13. The highest BCUT2D eigenvalue weighted by Crippen LogP contribution is 2.26. The minimum Gasteiger partial charge on any atom is -0.490 e. The van der Waals surface area contributed by atoms with Gasteiger partial charge >= 0.3 is 11.9 Å².